The molecule has 1 amide bonds. The molecule has 7 nitrogen and oxygen atoms in total. The van der Waals surface area contributed by atoms with E-state index in [1.54, 1.807) is 23.7 Å². The molecule has 2 saturated heterocycles. The van der Waals surface area contributed by atoms with Crippen molar-refractivity contribution in [2.75, 3.05) is 24.5 Å². The molecule has 0 unspecified atom stereocenters. The number of aromatic nitrogens is 4. The Morgan fingerprint density at radius 2 is 1.91 bits per heavy atom. The lowest BCUT2D eigenvalue weighted by atomic mass is 9.82. The molecule has 0 spiro atoms. The molecule has 4 heterocycles. The van der Waals surface area contributed by atoms with Crippen molar-refractivity contribution in [3.63, 3.8) is 0 Å². The van der Waals surface area contributed by atoms with E-state index in [1.165, 1.54) is 9.67 Å². The van der Waals surface area contributed by atoms with Crippen LogP contribution >= 0.6 is 22.9 Å². The van der Waals surface area contributed by atoms with Gasteiger partial charge in [0.1, 0.15) is 0 Å². The largest absolute Gasteiger partial charge is 0.343 e. The topological polar surface area (TPSA) is 67.2 Å². The van der Waals surface area contributed by atoms with Crippen LogP contribution in [0.25, 0.3) is 16.9 Å². The van der Waals surface area contributed by atoms with Gasteiger partial charge in [0.05, 0.1) is 35.4 Å². The standard InChI is InChI=1S/C26H25ClN6OS/c1-16-6-7-22(33-28-9-10-29-33)21(12-16)25(34)31-11-8-19-14-32(23(19)15-31)26-30-24(17(2)35-26)18-4-3-5-20(27)13-18/h3-7,9-10,12-13,19,23H,8,11,14-15H2,1-2H3/t19-,23-/m0/s1. The number of thiazole rings is 1. The third-order valence-electron chi connectivity index (χ3n) is 6.99. The first-order valence-corrected chi connectivity index (χ1v) is 12.9. The molecule has 4 aromatic rings. The van der Waals surface area contributed by atoms with Gasteiger partial charge in [0, 0.05) is 41.0 Å². The summed E-state index contributed by atoms with van der Waals surface area (Å²) in [6, 6.07) is 14.0. The Labute approximate surface area is 213 Å². The highest BCUT2D eigenvalue weighted by Crippen LogP contribution is 2.41. The van der Waals surface area contributed by atoms with Gasteiger partial charge < -0.3 is 9.80 Å². The fourth-order valence-electron chi connectivity index (χ4n) is 5.12. The highest BCUT2D eigenvalue weighted by atomic mass is 35.5. The first kappa shape index (κ1) is 22.2. The highest BCUT2D eigenvalue weighted by Gasteiger charge is 2.45. The van der Waals surface area contributed by atoms with Gasteiger partial charge in [-0.2, -0.15) is 15.0 Å². The van der Waals surface area contributed by atoms with Crippen molar-refractivity contribution in [1.82, 2.24) is 24.9 Å². The van der Waals surface area contributed by atoms with Gasteiger partial charge in [0.15, 0.2) is 5.13 Å². The molecular weight excluding hydrogens is 480 g/mol. The minimum atomic E-state index is 0.0289. The van der Waals surface area contributed by atoms with Gasteiger partial charge in [-0.15, -0.1) is 11.3 Å². The molecule has 9 heteroatoms. The summed E-state index contributed by atoms with van der Waals surface area (Å²) in [5.74, 6) is 0.615. The number of piperidine rings is 1. The number of halogens is 1. The number of anilines is 1. The first-order valence-electron chi connectivity index (χ1n) is 11.7. The van der Waals surface area contributed by atoms with E-state index in [4.69, 9.17) is 16.6 Å². The Morgan fingerprint density at radius 1 is 1.09 bits per heavy atom. The van der Waals surface area contributed by atoms with E-state index < -0.39 is 0 Å². The maximum atomic E-state index is 13.7. The number of hydrogen-bond donors (Lipinski definition) is 0. The zero-order valence-corrected chi connectivity index (χ0v) is 21.1. The molecule has 0 N–H and O–H groups in total. The smallest absolute Gasteiger partial charge is 0.256 e. The van der Waals surface area contributed by atoms with Crippen molar-refractivity contribution in [1.29, 1.82) is 0 Å². The molecule has 0 saturated carbocycles. The summed E-state index contributed by atoms with van der Waals surface area (Å²) in [4.78, 5) is 25.7. The molecule has 0 bridgehead atoms. The molecule has 2 aliphatic heterocycles. The average molecular weight is 505 g/mol. The molecule has 6 rings (SSSR count). The fraction of sp³-hybridized carbons (Fsp3) is 0.308. The van der Waals surface area contributed by atoms with E-state index in [0.29, 0.717) is 28.7 Å². The Kier molecular flexibility index (Phi) is 5.57. The van der Waals surface area contributed by atoms with Crippen LogP contribution in [0.5, 0.6) is 0 Å². The van der Waals surface area contributed by atoms with E-state index in [-0.39, 0.29) is 11.9 Å². The van der Waals surface area contributed by atoms with Gasteiger partial charge in [0.25, 0.3) is 5.91 Å². The number of benzene rings is 2. The number of fused-ring (bicyclic) bond motifs is 1. The zero-order chi connectivity index (χ0) is 24.1. The van der Waals surface area contributed by atoms with E-state index >= 15 is 0 Å². The molecule has 2 aliphatic rings. The Balaban J connectivity index is 1.24. The number of aryl methyl sites for hydroxylation is 2. The molecule has 35 heavy (non-hydrogen) atoms. The summed E-state index contributed by atoms with van der Waals surface area (Å²) < 4.78 is 0. The van der Waals surface area contributed by atoms with Crippen LogP contribution in [0.15, 0.2) is 54.9 Å². The number of carbonyl (C=O) groups is 1. The monoisotopic (exact) mass is 504 g/mol. The lowest BCUT2D eigenvalue weighted by Crippen LogP contribution is -2.65. The van der Waals surface area contributed by atoms with Crippen LogP contribution in [0, 0.1) is 19.8 Å². The second-order valence-corrected chi connectivity index (χ2v) is 10.9. The van der Waals surface area contributed by atoms with Crippen molar-refractivity contribution in [2.24, 2.45) is 5.92 Å². The summed E-state index contributed by atoms with van der Waals surface area (Å²) in [6.07, 6.45) is 4.25. The van der Waals surface area contributed by atoms with Crippen LogP contribution in [-0.2, 0) is 0 Å². The third-order valence-corrected chi connectivity index (χ3v) is 8.23. The summed E-state index contributed by atoms with van der Waals surface area (Å²) in [5, 5.41) is 10.2. The molecule has 2 aromatic carbocycles. The zero-order valence-electron chi connectivity index (χ0n) is 19.6. The Morgan fingerprint density at radius 3 is 2.71 bits per heavy atom. The molecule has 2 fully saturated rings. The van der Waals surface area contributed by atoms with E-state index in [9.17, 15) is 4.79 Å². The second kappa shape index (κ2) is 8.77. The summed E-state index contributed by atoms with van der Waals surface area (Å²) >= 11 is 7.93. The number of likely N-dealkylation sites (tertiary alicyclic amines) is 1. The average Bonchev–Trinajstić information content (AvgIpc) is 3.49. The van der Waals surface area contributed by atoms with Gasteiger partial charge in [-0.25, -0.2) is 4.98 Å². The summed E-state index contributed by atoms with van der Waals surface area (Å²) in [7, 11) is 0. The number of rotatable bonds is 4. The molecule has 0 radical (unpaired) electrons. The molecule has 178 valence electrons. The molecule has 0 aliphatic carbocycles. The van der Waals surface area contributed by atoms with Crippen LogP contribution in [0.1, 0.15) is 27.2 Å². The van der Waals surface area contributed by atoms with Crippen LogP contribution in [0.4, 0.5) is 5.13 Å². The van der Waals surface area contributed by atoms with E-state index in [1.807, 2.05) is 54.3 Å². The van der Waals surface area contributed by atoms with Crippen LogP contribution in [0.3, 0.4) is 0 Å². The minimum Gasteiger partial charge on any atom is -0.343 e. The second-order valence-electron chi connectivity index (χ2n) is 9.27. The number of carbonyl (C=O) groups excluding carboxylic acids is 1. The number of amides is 1. The van der Waals surface area contributed by atoms with Crippen LogP contribution in [-0.4, -0.2) is 56.5 Å². The van der Waals surface area contributed by atoms with Crippen molar-refractivity contribution in [3.8, 4) is 16.9 Å². The van der Waals surface area contributed by atoms with Gasteiger partial charge in [-0.05, 0) is 44.5 Å². The minimum absolute atomic E-state index is 0.0289. The summed E-state index contributed by atoms with van der Waals surface area (Å²) in [6.45, 7) is 6.54. The van der Waals surface area contributed by atoms with Crippen molar-refractivity contribution in [2.45, 2.75) is 26.3 Å². The molecule has 2 aromatic heterocycles. The quantitative estimate of drug-likeness (QED) is 0.390. The maximum absolute atomic E-state index is 13.7. The van der Waals surface area contributed by atoms with E-state index in [0.717, 1.165) is 41.5 Å². The molecule has 2 atom stereocenters. The van der Waals surface area contributed by atoms with Gasteiger partial charge in [-0.3, -0.25) is 4.79 Å². The normalized spacial score (nSPS) is 19.4. The number of hydrogen-bond acceptors (Lipinski definition) is 6. The van der Waals surface area contributed by atoms with Crippen LogP contribution in [0.2, 0.25) is 5.02 Å². The molecular formula is C26H25ClN6OS. The first-order chi connectivity index (χ1) is 17.0. The fourth-order valence-corrected chi connectivity index (χ4v) is 6.30. The van der Waals surface area contributed by atoms with Crippen LogP contribution < -0.4 is 4.90 Å². The van der Waals surface area contributed by atoms with E-state index in [2.05, 4.69) is 22.0 Å². The van der Waals surface area contributed by atoms with Gasteiger partial charge >= 0.3 is 0 Å². The Bertz CT molecular complexity index is 1400. The van der Waals surface area contributed by atoms with Crippen molar-refractivity contribution < 1.29 is 4.79 Å². The SMILES string of the molecule is Cc1ccc(-n2nccn2)c(C(=O)N2CC[C@H]3CN(c4nc(-c5cccc(Cl)c5)c(C)s4)[C@H]3C2)c1. The Hall–Kier alpha value is -3.23. The van der Waals surface area contributed by atoms with Crippen molar-refractivity contribution in [3.05, 3.63) is 75.9 Å². The number of nitrogens with zero attached hydrogens (tertiary/aromatic N) is 6. The van der Waals surface area contributed by atoms with Gasteiger partial charge in [0.2, 0.25) is 0 Å². The highest BCUT2D eigenvalue weighted by molar-refractivity contribution is 7.16. The maximum Gasteiger partial charge on any atom is 0.256 e. The van der Waals surface area contributed by atoms with Crippen molar-refractivity contribution >= 4 is 34.0 Å². The lowest BCUT2D eigenvalue weighted by molar-refractivity contribution is 0.0592. The summed E-state index contributed by atoms with van der Waals surface area (Å²) in [5.41, 5.74) is 4.40. The van der Waals surface area contributed by atoms with Gasteiger partial charge in [-0.1, -0.05) is 35.4 Å². The lowest BCUT2D eigenvalue weighted by Gasteiger charge is -2.53. The predicted octanol–water partition coefficient (Wildman–Crippen LogP) is 5.01. The predicted molar refractivity (Wildman–Crippen MR) is 139 cm³/mol. The third kappa shape index (κ3) is 4.00.